The van der Waals surface area contributed by atoms with Gasteiger partial charge in [-0.3, -0.25) is 0 Å². The average Bonchev–Trinajstić information content (AvgIpc) is 2.81. The van der Waals surface area contributed by atoms with E-state index in [0.717, 1.165) is 25.7 Å². The minimum absolute atomic E-state index is 0.166. The quantitative estimate of drug-likeness (QED) is 0.267. The molecule has 0 heterocycles. The zero-order valence-corrected chi connectivity index (χ0v) is 22.3. The Morgan fingerprint density at radius 3 is 1.32 bits per heavy atom. The van der Waals surface area contributed by atoms with Crippen LogP contribution in [-0.4, -0.2) is 23.4 Å². The molecular weight excluding hydrogens is 416 g/mol. The summed E-state index contributed by atoms with van der Waals surface area (Å²) in [7, 11) is 0. The molecular formula is C32H46O2. The maximum absolute atomic E-state index is 10.3. The van der Waals surface area contributed by atoms with Crippen LogP contribution >= 0.6 is 0 Å². The topological polar surface area (TPSA) is 40.5 Å². The molecule has 2 unspecified atom stereocenters. The van der Waals surface area contributed by atoms with Crippen molar-refractivity contribution in [3.63, 3.8) is 0 Å². The molecule has 0 spiro atoms. The molecule has 2 heteroatoms. The summed E-state index contributed by atoms with van der Waals surface area (Å²) in [6, 6.07) is 17.9. The molecule has 2 atom stereocenters. The van der Waals surface area contributed by atoms with Crippen LogP contribution < -0.4 is 0 Å². The summed E-state index contributed by atoms with van der Waals surface area (Å²) in [4.78, 5) is 0. The molecule has 0 aliphatic rings. The van der Waals surface area contributed by atoms with Crippen LogP contribution in [0.3, 0.4) is 0 Å². The number of fused-ring (bicyclic) bond motifs is 2. The Labute approximate surface area is 207 Å². The summed E-state index contributed by atoms with van der Waals surface area (Å²) >= 11 is 0. The van der Waals surface area contributed by atoms with Gasteiger partial charge in [-0.2, -0.15) is 0 Å². The molecule has 2 N–H and O–H groups in total. The second kappa shape index (κ2) is 11.2. The van der Waals surface area contributed by atoms with Crippen molar-refractivity contribution in [1.82, 2.24) is 0 Å². The van der Waals surface area contributed by atoms with E-state index < -0.39 is 0 Å². The van der Waals surface area contributed by atoms with Crippen LogP contribution in [0.25, 0.3) is 21.5 Å². The molecule has 0 radical (unpaired) electrons. The number of hydrogen-bond donors (Lipinski definition) is 2. The molecule has 0 bridgehead atoms. The molecule has 0 saturated heterocycles. The van der Waals surface area contributed by atoms with Crippen LogP contribution in [0.2, 0.25) is 0 Å². The van der Waals surface area contributed by atoms with Crippen LogP contribution in [0.4, 0.5) is 0 Å². The third-order valence-corrected chi connectivity index (χ3v) is 7.91. The molecule has 0 aromatic heterocycles. The third-order valence-electron chi connectivity index (χ3n) is 7.91. The Bertz CT molecular complexity index is 1000. The minimum atomic E-state index is -0.217. The van der Waals surface area contributed by atoms with E-state index in [2.05, 4.69) is 90.1 Å². The maximum Gasteiger partial charge on any atom is 0.0525 e. The van der Waals surface area contributed by atoms with E-state index in [-0.39, 0.29) is 24.0 Å². The molecule has 0 saturated carbocycles. The van der Waals surface area contributed by atoms with E-state index in [1.165, 1.54) is 45.5 Å². The first kappa shape index (κ1) is 26.7. The smallest absolute Gasteiger partial charge is 0.0525 e. The van der Waals surface area contributed by atoms with Crippen molar-refractivity contribution >= 4 is 21.5 Å². The predicted octanol–water partition coefficient (Wildman–Crippen LogP) is 8.15. The largest absolute Gasteiger partial charge is 0.395 e. The maximum atomic E-state index is 10.3. The number of hydrogen-bond acceptors (Lipinski definition) is 2. The lowest BCUT2D eigenvalue weighted by Crippen LogP contribution is -2.27. The van der Waals surface area contributed by atoms with Crippen molar-refractivity contribution in [2.24, 2.45) is 11.8 Å². The Hall–Kier alpha value is -1.90. The number of aliphatic hydroxyl groups is 2. The average molecular weight is 463 g/mol. The summed E-state index contributed by atoms with van der Waals surface area (Å²) in [5, 5.41) is 25.5. The molecule has 0 amide bonds. The van der Waals surface area contributed by atoms with Gasteiger partial charge in [0.25, 0.3) is 0 Å². The highest BCUT2D eigenvalue weighted by atomic mass is 16.3. The molecule has 34 heavy (non-hydrogen) atoms. The van der Waals surface area contributed by atoms with Gasteiger partial charge < -0.3 is 10.2 Å². The van der Waals surface area contributed by atoms with E-state index in [4.69, 9.17) is 0 Å². The first-order chi connectivity index (χ1) is 16.1. The van der Waals surface area contributed by atoms with Gasteiger partial charge in [-0.25, -0.2) is 0 Å². The molecule has 3 aromatic rings. The van der Waals surface area contributed by atoms with Crippen molar-refractivity contribution in [3.05, 3.63) is 59.7 Å². The lowest BCUT2D eigenvalue weighted by Gasteiger charge is -2.29. The summed E-state index contributed by atoms with van der Waals surface area (Å²) in [6.45, 7) is 13.8. The highest BCUT2D eigenvalue weighted by Gasteiger charge is 2.27. The van der Waals surface area contributed by atoms with Gasteiger partial charge in [-0.15, -0.1) is 0 Å². The number of benzene rings is 3. The Balaban J connectivity index is 1.95. The van der Waals surface area contributed by atoms with Gasteiger partial charge in [0, 0.05) is 10.8 Å². The van der Waals surface area contributed by atoms with E-state index in [1.54, 1.807) is 0 Å². The van der Waals surface area contributed by atoms with Crippen LogP contribution in [0.1, 0.15) is 91.2 Å². The lowest BCUT2D eigenvalue weighted by molar-refractivity contribution is 0.192. The van der Waals surface area contributed by atoms with Crippen molar-refractivity contribution in [2.75, 3.05) is 13.2 Å². The van der Waals surface area contributed by atoms with Crippen LogP contribution in [0.5, 0.6) is 0 Å². The van der Waals surface area contributed by atoms with Crippen molar-refractivity contribution in [1.29, 1.82) is 0 Å². The van der Waals surface area contributed by atoms with Gasteiger partial charge >= 0.3 is 0 Å². The van der Waals surface area contributed by atoms with Crippen molar-refractivity contribution < 1.29 is 10.2 Å². The lowest BCUT2D eigenvalue weighted by atomic mass is 9.77. The zero-order chi connectivity index (χ0) is 24.9. The molecule has 3 rings (SSSR count). The normalized spacial score (nSPS) is 15.8. The molecule has 0 fully saturated rings. The molecule has 186 valence electrons. The summed E-state index contributed by atoms with van der Waals surface area (Å²) in [6.07, 6.45) is 6.63. The molecule has 2 nitrogen and oxygen atoms in total. The molecule has 0 aliphatic carbocycles. The first-order valence-electron chi connectivity index (χ1n) is 13.3. The van der Waals surface area contributed by atoms with Crippen molar-refractivity contribution in [2.45, 2.75) is 90.9 Å². The molecule has 0 aliphatic heterocycles. The van der Waals surface area contributed by atoms with Gasteiger partial charge in [-0.1, -0.05) is 104 Å². The fourth-order valence-electron chi connectivity index (χ4n) is 5.18. The van der Waals surface area contributed by atoms with E-state index in [1.807, 2.05) is 0 Å². The number of rotatable bonds is 12. The minimum Gasteiger partial charge on any atom is -0.395 e. The van der Waals surface area contributed by atoms with Crippen LogP contribution in [0.15, 0.2) is 48.5 Å². The zero-order valence-electron chi connectivity index (χ0n) is 22.3. The van der Waals surface area contributed by atoms with Gasteiger partial charge in [0.1, 0.15) is 0 Å². The Kier molecular flexibility index (Phi) is 8.82. The second-order valence-corrected chi connectivity index (χ2v) is 12.0. The second-order valence-electron chi connectivity index (χ2n) is 12.0. The van der Waals surface area contributed by atoms with Gasteiger partial charge in [0.2, 0.25) is 0 Å². The first-order valence-corrected chi connectivity index (χ1v) is 13.3. The third kappa shape index (κ3) is 6.20. The highest BCUT2D eigenvalue weighted by molar-refractivity contribution is 5.98. The van der Waals surface area contributed by atoms with E-state index in [0.29, 0.717) is 11.8 Å². The predicted molar refractivity (Wildman–Crippen MR) is 148 cm³/mol. The monoisotopic (exact) mass is 462 g/mol. The SMILES string of the molecule is CC(C)CCCC(C)(CO)c1ccc2cc3ccc(C(C)(CO)CCCC(C)C)cc3cc2c1. The molecule has 3 aromatic carbocycles. The summed E-state index contributed by atoms with van der Waals surface area (Å²) in [5.41, 5.74) is 2.00. The Morgan fingerprint density at radius 2 is 0.971 bits per heavy atom. The fraction of sp³-hybridized carbons (Fsp3) is 0.562. The van der Waals surface area contributed by atoms with E-state index in [9.17, 15) is 10.2 Å². The summed E-state index contributed by atoms with van der Waals surface area (Å²) in [5.74, 6) is 1.38. The highest BCUT2D eigenvalue weighted by Crippen LogP contribution is 2.36. The fourth-order valence-corrected chi connectivity index (χ4v) is 5.18. The van der Waals surface area contributed by atoms with Gasteiger partial charge in [0.05, 0.1) is 13.2 Å². The van der Waals surface area contributed by atoms with Crippen LogP contribution in [0, 0.1) is 11.8 Å². The standard InChI is InChI=1S/C32H46O2/c1-23(2)9-7-15-31(5,21-33)29-13-11-25-17-26-12-14-30(20-28(26)18-27(25)19-29)32(6,22-34)16-8-10-24(3)4/h11-14,17-20,23-24,33-34H,7-10,15-16,21-22H2,1-6H3. The summed E-state index contributed by atoms with van der Waals surface area (Å²) < 4.78 is 0. The van der Waals surface area contributed by atoms with Gasteiger partial charge in [-0.05, 0) is 69.5 Å². The Morgan fingerprint density at radius 1 is 0.588 bits per heavy atom. The number of aliphatic hydroxyl groups excluding tert-OH is 2. The van der Waals surface area contributed by atoms with Crippen LogP contribution in [-0.2, 0) is 10.8 Å². The van der Waals surface area contributed by atoms with Crippen molar-refractivity contribution in [3.8, 4) is 0 Å². The van der Waals surface area contributed by atoms with Gasteiger partial charge in [0.15, 0.2) is 0 Å². The van der Waals surface area contributed by atoms with E-state index >= 15 is 0 Å².